The van der Waals surface area contributed by atoms with Crippen LogP contribution in [0.1, 0.15) is 17.1 Å². The van der Waals surface area contributed by atoms with Crippen LogP contribution in [0.3, 0.4) is 0 Å². The first-order chi connectivity index (χ1) is 8.61. The van der Waals surface area contributed by atoms with Crippen LogP contribution in [0.2, 0.25) is 0 Å². The number of ether oxygens (including phenoxy) is 1. The Morgan fingerprint density at radius 1 is 1.39 bits per heavy atom. The van der Waals surface area contributed by atoms with Crippen LogP contribution in [0, 0.1) is 6.92 Å². The molecule has 2 aromatic rings. The second kappa shape index (κ2) is 5.84. The molecule has 18 heavy (non-hydrogen) atoms. The molecule has 0 aliphatic rings. The molecule has 0 unspecified atom stereocenters. The third kappa shape index (κ3) is 2.92. The molecule has 2 aromatic heterocycles. The van der Waals surface area contributed by atoms with Gasteiger partial charge in [-0.2, -0.15) is 5.10 Å². The zero-order chi connectivity index (χ0) is 13.1. The number of nitrogens with zero attached hydrogens (tertiary/aromatic N) is 3. The van der Waals surface area contributed by atoms with E-state index in [0.29, 0.717) is 6.61 Å². The van der Waals surface area contributed by atoms with Crippen molar-refractivity contribution in [2.45, 2.75) is 18.9 Å². The molecule has 0 N–H and O–H groups in total. The van der Waals surface area contributed by atoms with Crippen molar-refractivity contribution >= 4 is 31.9 Å². The first-order valence-electron chi connectivity index (χ1n) is 5.43. The highest BCUT2D eigenvalue weighted by Gasteiger charge is 2.11. The standard InChI is InChI=1S/C12H13Br2N3O/c1-8-12(14)11(17(2)16-8)7-18-10-4-3-9(5-13)15-6-10/h3-4,6H,5,7H2,1-2H3. The van der Waals surface area contributed by atoms with Gasteiger partial charge in [0.15, 0.2) is 0 Å². The summed E-state index contributed by atoms with van der Waals surface area (Å²) in [6, 6.07) is 3.86. The summed E-state index contributed by atoms with van der Waals surface area (Å²) < 4.78 is 8.51. The highest BCUT2D eigenvalue weighted by molar-refractivity contribution is 9.10. The molecule has 0 spiro atoms. The van der Waals surface area contributed by atoms with Gasteiger partial charge in [-0.1, -0.05) is 15.9 Å². The fourth-order valence-corrected chi connectivity index (χ4v) is 2.35. The average Bonchev–Trinajstić information content (AvgIpc) is 2.62. The molecular weight excluding hydrogens is 362 g/mol. The number of aromatic nitrogens is 3. The number of rotatable bonds is 4. The van der Waals surface area contributed by atoms with Gasteiger partial charge in [-0.3, -0.25) is 9.67 Å². The Hall–Kier alpha value is -0.880. The summed E-state index contributed by atoms with van der Waals surface area (Å²) in [4.78, 5) is 4.25. The summed E-state index contributed by atoms with van der Waals surface area (Å²) >= 11 is 6.87. The summed E-state index contributed by atoms with van der Waals surface area (Å²) in [5.74, 6) is 0.755. The van der Waals surface area contributed by atoms with Crippen molar-refractivity contribution in [3.8, 4) is 5.75 Å². The van der Waals surface area contributed by atoms with E-state index in [1.807, 2.05) is 30.8 Å². The lowest BCUT2D eigenvalue weighted by atomic mass is 10.3. The lowest BCUT2D eigenvalue weighted by molar-refractivity contribution is 0.293. The van der Waals surface area contributed by atoms with Gasteiger partial charge in [-0.05, 0) is 35.0 Å². The smallest absolute Gasteiger partial charge is 0.138 e. The molecule has 0 aliphatic heterocycles. The van der Waals surface area contributed by atoms with Crippen molar-refractivity contribution in [3.63, 3.8) is 0 Å². The van der Waals surface area contributed by atoms with Crippen LogP contribution in [0.4, 0.5) is 0 Å². The van der Waals surface area contributed by atoms with E-state index in [0.717, 1.165) is 32.6 Å². The molecule has 0 saturated heterocycles. The third-order valence-electron chi connectivity index (χ3n) is 2.57. The summed E-state index contributed by atoms with van der Waals surface area (Å²) in [5.41, 5.74) is 2.96. The summed E-state index contributed by atoms with van der Waals surface area (Å²) in [5, 5.41) is 5.07. The normalized spacial score (nSPS) is 10.7. The van der Waals surface area contributed by atoms with Gasteiger partial charge in [0.05, 0.1) is 27.8 Å². The van der Waals surface area contributed by atoms with Crippen molar-refractivity contribution in [3.05, 3.63) is 39.9 Å². The molecule has 96 valence electrons. The lowest BCUT2D eigenvalue weighted by Gasteiger charge is -2.07. The van der Waals surface area contributed by atoms with E-state index in [2.05, 4.69) is 41.9 Å². The van der Waals surface area contributed by atoms with Gasteiger partial charge in [0.2, 0.25) is 0 Å². The van der Waals surface area contributed by atoms with Gasteiger partial charge in [0, 0.05) is 12.4 Å². The average molecular weight is 375 g/mol. The molecule has 0 aromatic carbocycles. The Balaban J connectivity index is 2.06. The highest BCUT2D eigenvalue weighted by atomic mass is 79.9. The molecule has 0 saturated carbocycles. The number of alkyl halides is 1. The number of halogens is 2. The second-order valence-corrected chi connectivity index (χ2v) is 5.23. The van der Waals surface area contributed by atoms with Gasteiger partial charge < -0.3 is 4.74 Å². The minimum Gasteiger partial charge on any atom is -0.486 e. The topological polar surface area (TPSA) is 39.9 Å². The molecule has 0 amide bonds. The van der Waals surface area contributed by atoms with Gasteiger partial charge in [0.1, 0.15) is 12.4 Å². The maximum Gasteiger partial charge on any atom is 0.138 e. The van der Waals surface area contributed by atoms with Crippen LogP contribution in [0.25, 0.3) is 0 Å². The Labute approximate surface area is 123 Å². The predicted molar refractivity (Wildman–Crippen MR) is 76.8 cm³/mol. The van der Waals surface area contributed by atoms with Gasteiger partial charge in [0.25, 0.3) is 0 Å². The van der Waals surface area contributed by atoms with Crippen LogP contribution in [0.5, 0.6) is 5.75 Å². The third-order valence-corrected chi connectivity index (χ3v) is 4.18. The maximum absolute atomic E-state index is 5.70. The monoisotopic (exact) mass is 373 g/mol. The SMILES string of the molecule is Cc1nn(C)c(COc2ccc(CBr)nc2)c1Br. The van der Waals surface area contributed by atoms with Gasteiger partial charge >= 0.3 is 0 Å². The van der Waals surface area contributed by atoms with Crippen LogP contribution in [0.15, 0.2) is 22.8 Å². The van der Waals surface area contributed by atoms with Crippen LogP contribution < -0.4 is 4.74 Å². The molecule has 0 atom stereocenters. The van der Waals surface area contributed by atoms with E-state index in [9.17, 15) is 0 Å². The molecule has 0 aliphatic carbocycles. The Bertz CT molecular complexity index is 537. The number of hydrogen-bond donors (Lipinski definition) is 0. The molecule has 2 heterocycles. The van der Waals surface area contributed by atoms with Crippen molar-refractivity contribution < 1.29 is 4.74 Å². The fourth-order valence-electron chi connectivity index (χ4n) is 1.56. The van der Waals surface area contributed by atoms with E-state index in [4.69, 9.17) is 4.74 Å². The predicted octanol–water partition coefficient (Wildman–Crippen LogP) is 3.36. The Kier molecular flexibility index (Phi) is 4.40. The quantitative estimate of drug-likeness (QED) is 0.770. The number of aryl methyl sites for hydroxylation is 2. The zero-order valence-corrected chi connectivity index (χ0v) is 13.3. The van der Waals surface area contributed by atoms with E-state index in [1.165, 1.54) is 0 Å². The first-order valence-corrected chi connectivity index (χ1v) is 7.35. The number of pyridine rings is 1. The van der Waals surface area contributed by atoms with E-state index in [-0.39, 0.29) is 0 Å². The molecule has 4 nitrogen and oxygen atoms in total. The molecule has 6 heteroatoms. The Morgan fingerprint density at radius 3 is 2.67 bits per heavy atom. The summed E-state index contributed by atoms with van der Waals surface area (Å²) in [6.07, 6.45) is 1.73. The summed E-state index contributed by atoms with van der Waals surface area (Å²) in [6.45, 7) is 2.42. The van der Waals surface area contributed by atoms with Crippen molar-refractivity contribution in [2.75, 3.05) is 0 Å². The zero-order valence-electron chi connectivity index (χ0n) is 10.2. The maximum atomic E-state index is 5.70. The lowest BCUT2D eigenvalue weighted by Crippen LogP contribution is -2.04. The van der Waals surface area contributed by atoms with E-state index in [1.54, 1.807) is 6.20 Å². The molecule has 0 bridgehead atoms. The van der Waals surface area contributed by atoms with Gasteiger partial charge in [-0.15, -0.1) is 0 Å². The molecule has 2 rings (SSSR count). The van der Waals surface area contributed by atoms with Gasteiger partial charge in [-0.25, -0.2) is 0 Å². The first kappa shape index (κ1) is 13.5. The molecule has 0 fully saturated rings. The number of hydrogen-bond acceptors (Lipinski definition) is 3. The Morgan fingerprint density at radius 2 is 2.17 bits per heavy atom. The largest absolute Gasteiger partial charge is 0.486 e. The minimum absolute atomic E-state index is 0.466. The van der Waals surface area contributed by atoms with Crippen LogP contribution in [-0.4, -0.2) is 14.8 Å². The van der Waals surface area contributed by atoms with E-state index >= 15 is 0 Å². The highest BCUT2D eigenvalue weighted by Crippen LogP contribution is 2.22. The molecule has 0 radical (unpaired) electrons. The van der Waals surface area contributed by atoms with Crippen LogP contribution >= 0.6 is 31.9 Å². The van der Waals surface area contributed by atoms with Crippen molar-refractivity contribution in [2.24, 2.45) is 7.05 Å². The van der Waals surface area contributed by atoms with Crippen molar-refractivity contribution in [1.82, 2.24) is 14.8 Å². The molecular formula is C12H13Br2N3O. The fraction of sp³-hybridized carbons (Fsp3) is 0.333. The van der Waals surface area contributed by atoms with Crippen molar-refractivity contribution in [1.29, 1.82) is 0 Å². The minimum atomic E-state index is 0.466. The van der Waals surface area contributed by atoms with Crippen LogP contribution in [-0.2, 0) is 19.0 Å². The second-order valence-electron chi connectivity index (χ2n) is 3.88. The van der Waals surface area contributed by atoms with E-state index < -0.39 is 0 Å². The summed E-state index contributed by atoms with van der Waals surface area (Å²) in [7, 11) is 1.91.